The Morgan fingerprint density at radius 2 is 1.92 bits per heavy atom. The quantitative estimate of drug-likeness (QED) is 0.589. The van der Waals surface area contributed by atoms with E-state index in [0.29, 0.717) is 37.9 Å². The van der Waals surface area contributed by atoms with Gasteiger partial charge in [-0.15, -0.1) is 0 Å². The molecule has 4 fully saturated rings. The summed E-state index contributed by atoms with van der Waals surface area (Å²) >= 11 is 0. The maximum Gasteiger partial charge on any atom is 0.278 e. The summed E-state index contributed by atoms with van der Waals surface area (Å²) in [6.45, 7) is 0.489. The molecule has 2 aromatic heterocycles. The molecule has 2 aliphatic heterocycles. The van der Waals surface area contributed by atoms with Gasteiger partial charge in [0, 0.05) is 42.1 Å². The molecule has 9 nitrogen and oxygen atoms in total. The van der Waals surface area contributed by atoms with Crippen LogP contribution in [0.15, 0.2) is 18.3 Å². The SMILES string of the molecule is COc1cc(-c2cc(C(=O)N3CC[C@@H](C(=O)N[C@H]4CC[C@@]5(CC4)OCCC5(F)F)CC34CC4)n[nH]2)c(F)cn1. The topological polar surface area (TPSA) is 109 Å². The molecule has 4 heterocycles. The molecular formula is C27H32F3N5O4. The lowest BCUT2D eigenvalue weighted by Gasteiger charge is -2.42. The second-order valence-electron chi connectivity index (χ2n) is 11.3. The third-order valence-electron chi connectivity index (χ3n) is 9.07. The van der Waals surface area contributed by atoms with Crippen molar-refractivity contribution >= 4 is 11.8 Å². The van der Waals surface area contributed by atoms with Crippen LogP contribution < -0.4 is 10.1 Å². The number of aromatic amines is 1. The molecule has 0 unspecified atom stereocenters. The maximum absolute atomic E-state index is 14.3. The molecule has 2 saturated carbocycles. The Morgan fingerprint density at radius 3 is 2.59 bits per heavy atom. The summed E-state index contributed by atoms with van der Waals surface area (Å²) in [6, 6.07) is 2.80. The van der Waals surface area contributed by atoms with Gasteiger partial charge in [-0.25, -0.2) is 18.2 Å². The lowest BCUT2D eigenvalue weighted by Crippen LogP contribution is -2.54. The number of carbonyl (C=O) groups is 2. The van der Waals surface area contributed by atoms with Gasteiger partial charge in [-0.2, -0.15) is 5.10 Å². The third-order valence-corrected chi connectivity index (χ3v) is 9.07. The molecule has 2 amide bonds. The minimum atomic E-state index is -2.81. The fraction of sp³-hybridized carbons (Fsp3) is 0.630. The third kappa shape index (κ3) is 4.56. The fourth-order valence-corrected chi connectivity index (χ4v) is 6.56. The van der Waals surface area contributed by atoms with E-state index in [0.717, 1.165) is 19.0 Å². The van der Waals surface area contributed by atoms with E-state index < -0.39 is 22.9 Å². The van der Waals surface area contributed by atoms with Crippen molar-refractivity contribution in [2.24, 2.45) is 5.92 Å². The zero-order valence-electron chi connectivity index (χ0n) is 21.8. The van der Waals surface area contributed by atoms with Gasteiger partial charge in [-0.05, 0) is 57.4 Å². The molecule has 0 aromatic carbocycles. The van der Waals surface area contributed by atoms with E-state index >= 15 is 0 Å². The Balaban J connectivity index is 1.07. The molecule has 210 valence electrons. The van der Waals surface area contributed by atoms with E-state index in [4.69, 9.17) is 9.47 Å². The number of piperidine rings is 1. The van der Waals surface area contributed by atoms with Gasteiger partial charge in [0.05, 0.1) is 25.6 Å². The van der Waals surface area contributed by atoms with Crippen molar-refractivity contribution in [1.82, 2.24) is 25.4 Å². The highest BCUT2D eigenvalue weighted by molar-refractivity contribution is 5.94. The molecule has 2 N–H and O–H groups in total. The largest absolute Gasteiger partial charge is 0.481 e. The summed E-state index contributed by atoms with van der Waals surface area (Å²) in [5, 5.41) is 9.97. The number of nitrogens with zero attached hydrogens (tertiary/aromatic N) is 3. The summed E-state index contributed by atoms with van der Waals surface area (Å²) in [6.07, 6.45) is 4.88. The Morgan fingerprint density at radius 1 is 1.15 bits per heavy atom. The summed E-state index contributed by atoms with van der Waals surface area (Å²) in [5.74, 6) is -3.72. The number of alkyl halides is 2. The van der Waals surface area contributed by atoms with Crippen molar-refractivity contribution in [2.45, 2.75) is 80.9 Å². The minimum absolute atomic E-state index is 0.0717. The van der Waals surface area contributed by atoms with Crippen LogP contribution in [0.25, 0.3) is 11.3 Å². The number of hydrogen-bond donors (Lipinski definition) is 2. The first kappa shape index (κ1) is 26.1. The number of hydrogen-bond acceptors (Lipinski definition) is 6. The minimum Gasteiger partial charge on any atom is -0.481 e. The Hall–Kier alpha value is -3.15. The second-order valence-corrected chi connectivity index (χ2v) is 11.3. The second kappa shape index (κ2) is 9.50. The van der Waals surface area contributed by atoms with Crippen molar-refractivity contribution in [3.63, 3.8) is 0 Å². The van der Waals surface area contributed by atoms with Crippen LogP contribution in [0, 0.1) is 11.7 Å². The number of halogens is 3. The van der Waals surface area contributed by atoms with Crippen molar-refractivity contribution in [2.75, 3.05) is 20.3 Å². The number of likely N-dealkylation sites (tertiary alicyclic amines) is 1. The smallest absolute Gasteiger partial charge is 0.278 e. The first-order chi connectivity index (χ1) is 18.7. The average molecular weight is 548 g/mol. The van der Waals surface area contributed by atoms with Crippen LogP contribution in [0.4, 0.5) is 13.2 Å². The summed E-state index contributed by atoms with van der Waals surface area (Å²) in [4.78, 5) is 32.2. The highest BCUT2D eigenvalue weighted by Gasteiger charge is 2.59. The molecule has 0 bridgehead atoms. The van der Waals surface area contributed by atoms with E-state index in [9.17, 15) is 22.8 Å². The van der Waals surface area contributed by atoms with Gasteiger partial charge in [-0.1, -0.05) is 0 Å². The first-order valence-corrected chi connectivity index (χ1v) is 13.5. The highest BCUT2D eigenvalue weighted by Crippen LogP contribution is 2.51. The predicted molar refractivity (Wildman–Crippen MR) is 133 cm³/mol. The molecule has 6 rings (SSSR count). The number of pyridine rings is 1. The summed E-state index contributed by atoms with van der Waals surface area (Å²) < 4.78 is 53.6. The maximum atomic E-state index is 14.3. The number of aromatic nitrogens is 3. The lowest BCUT2D eigenvalue weighted by molar-refractivity contribution is -0.165. The molecule has 2 aliphatic carbocycles. The Bertz CT molecular complexity index is 1270. The fourth-order valence-electron chi connectivity index (χ4n) is 6.56. The normalized spacial score (nSPS) is 29.0. The van der Waals surface area contributed by atoms with Gasteiger partial charge >= 0.3 is 0 Å². The van der Waals surface area contributed by atoms with E-state index in [1.54, 1.807) is 4.90 Å². The molecule has 2 spiro atoms. The van der Waals surface area contributed by atoms with Gasteiger partial charge < -0.3 is 19.7 Å². The highest BCUT2D eigenvalue weighted by atomic mass is 19.3. The standard InChI is InChI=1S/C27H32F3N5O4/c1-38-22-12-18(19(28)15-31-22)20-13-21(34-33-20)24(37)35-10-4-16(14-25(35)7-8-25)23(36)32-17-2-5-26(6-3-17)27(29,30)9-11-39-26/h12-13,15-17H,2-11,14H2,1H3,(H,32,36)(H,33,34)/t16-,17-,26-/m1/s1. The van der Waals surface area contributed by atoms with Crippen molar-refractivity contribution in [3.8, 4) is 17.1 Å². The van der Waals surface area contributed by atoms with Crippen molar-refractivity contribution in [1.29, 1.82) is 0 Å². The van der Waals surface area contributed by atoms with Gasteiger partial charge in [0.15, 0.2) is 11.5 Å². The number of carbonyl (C=O) groups excluding carboxylic acids is 2. The molecule has 4 aliphatic rings. The van der Waals surface area contributed by atoms with Crippen LogP contribution >= 0.6 is 0 Å². The van der Waals surface area contributed by atoms with E-state index in [1.807, 2.05) is 0 Å². The van der Waals surface area contributed by atoms with Crippen LogP contribution in [0.1, 0.15) is 68.3 Å². The van der Waals surface area contributed by atoms with Crippen LogP contribution in [-0.4, -0.2) is 75.3 Å². The molecule has 2 saturated heterocycles. The number of rotatable bonds is 5. The van der Waals surface area contributed by atoms with Gasteiger partial charge in [0.2, 0.25) is 11.8 Å². The van der Waals surface area contributed by atoms with Gasteiger partial charge in [0.25, 0.3) is 11.8 Å². The van der Waals surface area contributed by atoms with Crippen LogP contribution in [0.2, 0.25) is 0 Å². The average Bonchev–Trinajstić information content (AvgIpc) is 3.38. The van der Waals surface area contributed by atoms with E-state index in [1.165, 1.54) is 19.2 Å². The zero-order valence-corrected chi connectivity index (χ0v) is 21.8. The first-order valence-electron chi connectivity index (χ1n) is 13.5. The Labute approximate surface area is 223 Å². The summed E-state index contributed by atoms with van der Waals surface area (Å²) in [5.41, 5.74) is -1.05. The number of H-pyrrole nitrogens is 1. The molecule has 0 radical (unpaired) electrons. The van der Waals surface area contributed by atoms with Crippen LogP contribution in [0.3, 0.4) is 0 Å². The lowest BCUT2D eigenvalue weighted by atomic mass is 9.78. The molecule has 39 heavy (non-hydrogen) atoms. The van der Waals surface area contributed by atoms with Gasteiger partial charge in [-0.3, -0.25) is 14.7 Å². The van der Waals surface area contributed by atoms with Crippen LogP contribution in [0.5, 0.6) is 5.88 Å². The number of methoxy groups -OCH3 is 1. The monoisotopic (exact) mass is 547 g/mol. The molecular weight excluding hydrogens is 515 g/mol. The number of amides is 2. The van der Waals surface area contributed by atoms with E-state index in [-0.39, 0.29) is 66.8 Å². The summed E-state index contributed by atoms with van der Waals surface area (Å²) in [7, 11) is 1.43. The number of nitrogens with one attached hydrogen (secondary N) is 2. The zero-order chi connectivity index (χ0) is 27.4. The van der Waals surface area contributed by atoms with Crippen molar-refractivity contribution in [3.05, 3.63) is 29.8 Å². The van der Waals surface area contributed by atoms with Gasteiger partial charge in [0.1, 0.15) is 5.60 Å². The molecule has 1 atom stereocenters. The molecule has 12 heteroatoms. The van der Waals surface area contributed by atoms with E-state index in [2.05, 4.69) is 20.5 Å². The number of ether oxygens (including phenoxy) is 2. The Kier molecular flexibility index (Phi) is 6.35. The van der Waals surface area contributed by atoms with Crippen molar-refractivity contribution < 1.29 is 32.2 Å². The predicted octanol–water partition coefficient (Wildman–Crippen LogP) is 3.86. The van der Waals surface area contributed by atoms with Crippen LogP contribution in [-0.2, 0) is 9.53 Å². The molecule has 2 aromatic rings.